The lowest BCUT2D eigenvalue weighted by molar-refractivity contribution is -0.120. The molecule has 0 saturated carbocycles. The highest BCUT2D eigenvalue weighted by molar-refractivity contribution is 5.78. The van der Waals surface area contributed by atoms with Gasteiger partial charge in [-0.25, -0.2) is 0 Å². The van der Waals surface area contributed by atoms with Gasteiger partial charge in [-0.15, -0.1) is 10.2 Å². The van der Waals surface area contributed by atoms with Gasteiger partial charge in [0.05, 0.1) is 18.7 Å². The fourth-order valence-electron chi connectivity index (χ4n) is 1.22. The SMILES string of the molecule is CC(NCC(=O)NCC#N)c1nncn1C. The van der Waals surface area contributed by atoms with Crippen LogP contribution in [0.15, 0.2) is 6.33 Å². The molecule has 0 fully saturated rings. The Morgan fingerprint density at radius 2 is 2.50 bits per heavy atom. The lowest BCUT2D eigenvalue weighted by atomic mass is 10.3. The van der Waals surface area contributed by atoms with Crippen molar-refractivity contribution in [3.8, 4) is 6.07 Å². The van der Waals surface area contributed by atoms with Gasteiger partial charge in [-0.1, -0.05) is 0 Å². The monoisotopic (exact) mass is 222 g/mol. The molecule has 0 aliphatic rings. The predicted octanol–water partition coefficient (Wildman–Crippen LogP) is -0.895. The zero-order valence-electron chi connectivity index (χ0n) is 9.27. The van der Waals surface area contributed by atoms with Gasteiger partial charge >= 0.3 is 0 Å². The molecule has 7 heteroatoms. The normalized spacial score (nSPS) is 11.8. The third-order valence-electron chi connectivity index (χ3n) is 2.07. The molecule has 1 aromatic heterocycles. The molecule has 0 aliphatic carbocycles. The molecule has 0 radical (unpaired) electrons. The van der Waals surface area contributed by atoms with E-state index in [0.717, 1.165) is 5.82 Å². The summed E-state index contributed by atoms with van der Waals surface area (Å²) in [6.45, 7) is 2.07. The second kappa shape index (κ2) is 5.82. The molecule has 0 aromatic carbocycles. The largest absolute Gasteiger partial charge is 0.342 e. The summed E-state index contributed by atoms with van der Waals surface area (Å²) in [5.74, 6) is 0.545. The summed E-state index contributed by atoms with van der Waals surface area (Å²) in [7, 11) is 1.84. The van der Waals surface area contributed by atoms with Crippen LogP contribution in [-0.4, -0.2) is 33.8 Å². The van der Waals surface area contributed by atoms with Crippen molar-refractivity contribution in [3.05, 3.63) is 12.2 Å². The van der Waals surface area contributed by atoms with Crippen LogP contribution in [0.4, 0.5) is 0 Å². The van der Waals surface area contributed by atoms with E-state index in [1.54, 1.807) is 10.9 Å². The first-order valence-electron chi connectivity index (χ1n) is 4.86. The van der Waals surface area contributed by atoms with Crippen LogP contribution < -0.4 is 10.6 Å². The van der Waals surface area contributed by atoms with Crippen LogP contribution in [0.5, 0.6) is 0 Å². The number of nitriles is 1. The van der Waals surface area contributed by atoms with Crippen LogP contribution in [0.3, 0.4) is 0 Å². The predicted molar refractivity (Wildman–Crippen MR) is 56.0 cm³/mol. The van der Waals surface area contributed by atoms with Gasteiger partial charge in [-0.05, 0) is 6.92 Å². The minimum atomic E-state index is -0.212. The van der Waals surface area contributed by atoms with Gasteiger partial charge in [0.2, 0.25) is 5.91 Å². The number of hydrogen-bond donors (Lipinski definition) is 2. The molecule has 1 amide bonds. The molecule has 1 heterocycles. The summed E-state index contributed by atoms with van der Waals surface area (Å²) in [5, 5.41) is 21.4. The molecule has 7 nitrogen and oxygen atoms in total. The minimum absolute atomic E-state index is 0.0266. The Morgan fingerprint density at radius 3 is 3.06 bits per heavy atom. The van der Waals surface area contributed by atoms with E-state index in [4.69, 9.17) is 5.26 Å². The topological polar surface area (TPSA) is 95.6 Å². The average Bonchev–Trinajstić information content (AvgIpc) is 2.69. The van der Waals surface area contributed by atoms with Crippen molar-refractivity contribution in [1.29, 1.82) is 5.26 Å². The van der Waals surface area contributed by atoms with E-state index in [0.29, 0.717) is 0 Å². The van der Waals surface area contributed by atoms with Crippen LogP contribution in [0.1, 0.15) is 18.8 Å². The van der Waals surface area contributed by atoms with Crippen molar-refractivity contribution >= 4 is 5.91 Å². The zero-order valence-corrected chi connectivity index (χ0v) is 9.27. The van der Waals surface area contributed by atoms with E-state index in [2.05, 4.69) is 20.8 Å². The molecule has 0 spiro atoms. The molecular formula is C9H14N6O. The van der Waals surface area contributed by atoms with Crippen molar-refractivity contribution in [2.24, 2.45) is 7.05 Å². The quantitative estimate of drug-likeness (QED) is 0.630. The number of carbonyl (C=O) groups excluding carboxylic acids is 1. The van der Waals surface area contributed by atoms with E-state index < -0.39 is 0 Å². The smallest absolute Gasteiger partial charge is 0.234 e. The highest BCUT2D eigenvalue weighted by atomic mass is 16.1. The molecule has 1 unspecified atom stereocenters. The summed E-state index contributed by atoms with van der Waals surface area (Å²) >= 11 is 0. The Bertz CT molecular complexity index is 393. The lowest BCUT2D eigenvalue weighted by Gasteiger charge is -2.11. The fourth-order valence-corrected chi connectivity index (χ4v) is 1.22. The van der Waals surface area contributed by atoms with Gasteiger partial charge in [-0.3, -0.25) is 10.1 Å². The number of carbonyl (C=O) groups is 1. The Hall–Kier alpha value is -1.94. The third kappa shape index (κ3) is 3.33. The average molecular weight is 222 g/mol. The summed E-state index contributed by atoms with van der Waals surface area (Å²) in [6, 6.07) is 1.77. The second-order valence-corrected chi connectivity index (χ2v) is 3.34. The van der Waals surface area contributed by atoms with Crippen molar-refractivity contribution in [1.82, 2.24) is 25.4 Å². The molecule has 2 N–H and O–H groups in total. The minimum Gasteiger partial charge on any atom is -0.342 e. The van der Waals surface area contributed by atoms with Crippen LogP contribution >= 0.6 is 0 Å². The van der Waals surface area contributed by atoms with Crippen LogP contribution in [0.2, 0.25) is 0 Å². The zero-order chi connectivity index (χ0) is 12.0. The molecule has 0 bridgehead atoms. The number of amides is 1. The van der Waals surface area contributed by atoms with Crippen LogP contribution in [-0.2, 0) is 11.8 Å². The van der Waals surface area contributed by atoms with Crippen molar-refractivity contribution < 1.29 is 4.79 Å². The first-order chi connectivity index (χ1) is 7.65. The Morgan fingerprint density at radius 1 is 1.75 bits per heavy atom. The number of aromatic nitrogens is 3. The number of hydrogen-bond acceptors (Lipinski definition) is 5. The lowest BCUT2D eigenvalue weighted by Crippen LogP contribution is -2.35. The third-order valence-corrected chi connectivity index (χ3v) is 2.07. The van der Waals surface area contributed by atoms with Gasteiger partial charge in [0.1, 0.15) is 18.7 Å². The van der Waals surface area contributed by atoms with Gasteiger partial charge in [0.15, 0.2) is 0 Å². The summed E-state index contributed by atoms with van der Waals surface area (Å²) in [5.41, 5.74) is 0. The highest BCUT2D eigenvalue weighted by Crippen LogP contribution is 2.05. The van der Waals surface area contributed by atoms with Crippen molar-refractivity contribution in [2.75, 3.05) is 13.1 Å². The van der Waals surface area contributed by atoms with Crippen molar-refractivity contribution in [3.63, 3.8) is 0 Å². The van der Waals surface area contributed by atoms with E-state index in [1.165, 1.54) is 0 Å². The van der Waals surface area contributed by atoms with Crippen LogP contribution in [0, 0.1) is 11.3 Å². The molecule has 86 valence electrons. The Kier molecular flexibility index (Phi) is 4.42. The molecule has 0 saturated heterocycles. The number of aryl methyl sites for hydroxylation is 1. The first kappa shape index (κ1) is 12.1. The van der Waals surface area contributed by atoms with E-state index in [9.17, 15) is 4.79 Å². The molecule has 0 aliphatic heterocycles. The van der Waals surface area contributed by atoms with Crippen LogP contribution in [0.25, 0.3) is 0 Å². The van der Waals surface area contributed by atoms with E-state index in [-0.39, 0.29) is 25.0 Å². The summed E-state index contributed by atoms with van der Waals surface area (Å²) in [4.78, 5) is 11.2. The Balaban J connectivity index is 2.36. The molecule has 1 atom stereocenters. The highest BCUT2D eigenvalue weighted by Gasteiger charge is 2.11. The number of rotatable bonds is 5. The van der Waals surface area contributed by atoms with Gasteiger partial charge in [-0.2, -0.15) is 5.26 Å². The number of nitrogens with one attached hydrogen (secondary N) is 2. The molecule has 16 heavy (non-hydrogen) atoms. The standard InChI is InChI=1S/C9H14N6O/c1-7(9-14-13-6-15(9)2)12-5-8(16)11-4-3-10/h6-7,12H,4-5H2,1-2H3,(H,11,16). The number of nitrogens with zero attached hydrogens (tertiary/aromatic N) is 4. The molecule has 1 rings (SSSR count). The maximum absolute atomic E-state index is 11.2. The molecule has 1 aromatic rings. The first-order valence-corrected chi connectivity index (χ1v) is 4.86. The summed E-state index contributed by atoms with van der Waals surface area (Å²) < 4.78 is 1.78. The summed E-state index contributed by atoms with van der Waals surface area (Å²) in [6.07, 6.45) is 1.60. The Labute approximate surface area is 93.5 Å². The fraction of sp³-hybridized carbons (Fsp3) is 0.556. The second-order valence-electron chi connectivity index (χ2n) is 3.34. The maximum Gasteiger partial charge on any atom is 0.234 e. The van der Waals surface area contributed by atoms with Gasteiger partial charge < -0.3 is 9.88 Å². The van der Waals surface area contributed by atoms with Gasteiger partial charge in [0, 0.05) is 7.05 Å². The van der Waals surface area contributed by atoms with Gasteiger partial charge in [0.25, 0.3) is 0 Å². The van der Waals surface area contributed by atoms with E-state index in [1.807, 2.05) is 20.0 Å². The van der Waals surface area contributed by atoms with E-state index >= 15 is 0 Å². The van der Waals surface area contributed by atoms with Crippen molar-refractivity contribution in [2.45, 2.75) is 13.0 Å². The molecular weight excluding hydrogens is 208 g/mol. The maximum atomic E-state index is 11.2.